The minimum atomic E-state index is -4.52. The van der Waals surface area contributed by atoms with Crippen molar-refractivity contribution in [1.29, 1.82) is 0 Å². The van der Waals surface area contributed by atoms with E-state index in [1.54, 1.807) is 0 Å². The molecule has 0 saturated heterocycles. The Hall–Kier alpha value is -0.340. The van der Waals surface area contributed by atoms with Crippen molar-refractivity contribution in [2.45, 2.75) is 38.2 Å². The van der Waals surface area contributed by atoms with E-state index in [2.05, 4.69) is 5.32 Å². The van der Waals surface area contributed by atoms with Crippen molar-refractivity contribution in [3.8, 4) is 0 Å². The van der Waals surface area contributed by atoms with Gasteiger partial charge in [-0.25, -0.2) is 8.42 Å². The molecule has 0 aliphatic carbocycles. The summed E-state index contributed by atoms with van der Waals surface area (Å²) in [7, 11) is -2.98. The van der Waals surface area contributed by atoms with Crippen molar-refractivity contribution in [2.75, 3.05) is 20.1 Å². The molecule has 0 radical (unpaired) electrons. The average Bonchev–Trinajstić information content (AvgIpc) is 2.10. The molecule has 0 aromatic rings. The van der Waals surface area contributed by atoms with E-state index in [9.17, 15) is 21.6 Å². The number of halogens is 3. The normalized spacial score (nSPS) is 15.6. The second kappa shape index (κ2) is 6.01. The second-order valence-corrected chi connectivity index (χ2v) is 6.75. The number of sulfonamides is 1. The number of nitrogens with one attached hydrogen (secondary N) is 1. The molecule has 17 heavy (non-hydrogen) atoms. The molecule has 104 valence electrons. The third-order valence-electron chi connectivity index (χ3n) is 2.16. The first-order chi connectivity index (χ1) is 7.47. The van der Waals surface area contributed by atoms with Crippen LogP contribution >= 0.6 is 0 Å². The van der Waals surface area contributed by atoms with Crippen molar-refractivity contribution in [3.63, 3.8) is 0 Å². The highest BCUT2D eigenvalue weighted by atomic mass is 32.2. The molecule has 0 aliphatic rings. The number of rotatable bonds is 6. The third-order valence-corrected chi connectivity index (χ3v) is 4.34. The van der Waals surface area contributed by atoms with Gasteiger partial charge in [0.1, 0.15) is 6.54 Å². The highest BCUT2D eigenvalue weighted by molar-refractivity contribution is 7.89. The molecule has 1 unspecified atom stereocenters. The van der Waals surface area contributed by atoms with E-state index in [0.29, 0.717) is 4.31 Å². The van der Waals surface area contributed by atoms with Gasteiger partial charge in [0.2, 0.25) is 10.0 Å². The van der Waals surface area contributed by atoms with E-state index in [0.717, 1.165) is 7.05 Å². The first kappa shape index (κ1) is 16.7. The Labute approximate surface area is 100 Å². The van der Waals surface area contributed by atoms with Crippen molar-refractivity contribution in [3.05, 3.63) is 0 Å². The summed E-state index contributed by atoms with van der Waals surface area (Å²) >= 11 is 0. The Morgan fingerprint density at radius 2 is 1.71 bits per heavy atom. The number of hydrogen-bond donors (Lipinski definition) is 1. The van der Waals surface area contributed by atoms with Crippen molar-refractivity contribution in [2.24, 2.45) is 0 Å². The highest BCUT2D eigenvalue weighted by Crippen LogP contribution is 2.18. The van der Waals surface area contributed by atoms with Crippen LogP contribution in [-0.2, 0) is 10.0 Å². The van der Waals surface area contributed by atoms with Gasteiger partial charge in [-0.05, 0) is 6.92 Å². The molecule has 8 heteroatoms. The van der Waals surface area contributed by atoms with E-state index in [1.165, 1.54) is 6.92 Å². The van der Waals surface area contributed by atoms with E-state index in [1.807, 2.05) is 13.8 Å². The molecule has 0 aliphatic heterocycles. The number of nitrogens with zero attached hydrogens (tertiary/aromatic N) is 1. The van der Waals surface area contributed by atoms with Gasteiger partial charge in [-0.1, -0.05) is 13.8 Å². The smallest absolute Gasteiger partial charge is 0.313 e. The Morgan fingerprint density at radius 3 is 2.06 bits per heavy atom. The fourth-order valence-electron chi connectivity index (χ4n) is 1.16. The van der Waals surface area contributed by atoms with Gasteiger partial charge in [-0.15, -0.1) is 0 Å². The van der Waals surface area contributed by atoms with Gasteiger partial charge in [0.25, 0.3) is 0 Å². The molecular weight excluding hydrogens is 257 g/mol. The molecule has 0 amide bonds. The lowest BCUT2D eigenvalue weighted by Gasteiger charge is -2.23. The van der Waals surface area contributed by atoms with E-state index >= 15 is 0 Å². The maximum atomic E-state index is 12.1. The van der Waals surface area contributed by atoms with Crippen molar-refractivity contribution < 1.29 is 21.6 Å². The average molecular weight is 276 g/mol. The first-order valence-corrected chi connectivity index (χ1v) is 6.72. The molecule has 0 bridgehead atoms. The Bertz CT molecular complexity index is 328. The van der Waals surface area contributed by atoms with E-state index in [-0.39, 0.29) is 12.6 Å². The molecule has 1 atom stereocenters. The van der Waals surface area contributed by atoms with Gasteiger partial charge in [0, 0.05) is 19.6 Å². The minimum Gasteiger partial charge on any atom is -0.313 e. The number of alkyl halides is 3. The third kappa shape index (κ3) is 6.23. The van der Waals surface area contributed by atoms with Gasteiger partial charge in [-0.2, -0.15) is 17.5 Å². The van der Waals surface area contributed by atoms with Crippen LogP contribution in [0.2, 0.25) is 0 Å². The zero-order chi connectivity index (χ0) is 13.9. The molecule has 0 saturated carbocycles. The van der Waals surface area contributed by atoms with Crippen LogP contribution in [0.15, 0.2) is 0 Å². The molecule has 1 N–H and O–H groups in total. The van der Waals surface area contributed by atoms with Gasteiger partial charge in [0.15, 0.2) is 0 Å². The van der Waals surface area contributed by atoms with Gasteiger partial charge < -0.3 is 5.32 Å². The van der Waals surface area contributed by atoms with Crippen molar-refractivity contribution in [1.82, 2.24) is 9.62 Å². The van der Waals surface area contributed by atoms with Crippen LogP contribution in [0, 0.1) is 0 Å². The predicted octanol–water partition coefficient (Wildman–Crippen LogP) is 1.20. The van der Waals surface area contributed by atoms with Crippen LogP contribution in [0.25, 0.3) is 0 Å². The maximum absolute atomic E-state index is 12.1. The minimum absolute atomic E-state index is 0.0839. The highest BCUT2D eigenvalue weighted by Gasteiger charge is 2.36. The summed E-state index contributed by atoms with van der Waals surface area (Å²) in [5.74, 6) is 0. The lowest BCUT2D eigenvalue weighted by molar-refractivity contribution is -0.134. The first-order valence-electron chi connectivity index (χ1n) is 5.22. The Morgan fingerprint density at radius 1 is 1.24 bits per heavy atom. The topological polar surface area (TPSA) is 49.4 Å². The standard InChI is InChI=1S/C9H19F3N2O2S/c1-7(2)13-5-8(3)17(15,16)14(4)6-9(10,11)12/h7-8,13H,5-6H2,1-4H3. The zero-order valence-corrected chi connectivity index (χ0v) is 11.2. The van der Waals surface area contributed by atoms with E-state index < -0.39 is 28.0 Å². The largest absolute Gasteiger partial charge is 0.402 e. The molecule has 0 aromatic carbocycles. The monoisotopic (exact) mass is 276 g/mol. The molecule has 0 aromatic heterocycles. The predicted molar refractivity (Wildman–Crippen MR) is 60.2 cm³/mol. The molecule has 0 heterocycles. The summed E-state index contributed by atoms with van der Waals surface area (Å²) in [6, 6.07) is 0.0839. The van der Waals surface area contributed by atoms with Crippen LogP contribution in [-0.4, -0.2) is 50.3 Å². The van der Waals surface area contributed by atoms with Crippen LogP contribution in [0.5, 0.6) is 0 Å². The van der Waals surface area contributed by atoms with Gasteiger partial charge >= 0.3 is 6.18 Å². The van der Waals surface area contributed by atoms with Crippen LogP contribution in [0.3, 0.4) is 0 Å². The molecule has 4 nitrogen and oxygen atoms in total. The fraction of sp³-hybridized carbons (Fsp3) is 1.00. The Balaban J connectivity index is 4.55. The van der Waals surface area contributed by atoms with Gasteiger partial charge in [-0.3, -0.25) is 0 Å². The van der Waals surface area contributed by atoms with Crippen LogP contribution < -0.4 is 5.32 Å². The summed E-state index contributed by atoms with van der Waals surface area (Å²) in [6.45, 7) is 3.72. The molecule has 0 spiro atoms. The molecule has 0 fully saturated rings. The zero-order valence-electron chi connectivity index (χ0n) is 10.4. The van der Waals surface area contributed by atoms with Gasteiger partial charge in [0.05, 0.1) is 5.25 Å². The van der Waals surface area contributed by atoms with Crippen molar-refractivity contribution >= 4 is 10.0 Å². The lowest BCUT2D eigenvalue weighted by atomic mass is 10.3. The fourth-order valence-corrected chi connectivity index (χ4v) is 2.40. The number of hydrogen-bond acceptors (Lipinski definition) is 3. The Kier molecular flexibility index (Phi) is 5.89. The molecule has 0 rings (SSSR count). The van der Waals surface area contributed by atoms with Crippen LogP contribution in [0.1, 0.15) is 20.8 Å². The van der Waals surface area contributed by atoms with E-state index in [4.69, 9.17) is 0 Å². The van der Waals surface area contributed by atoms with Crippen LogP contribution in [0.4, 0.5) is 13.2 Å². The SMILES string of the molecule is CC(C)NCC(C)S(=O)(=O)N(C)CC(F)(F)F. The lowest BCUT2D eigenvalue weighted by Crippen LogP contribution is -2.44. The molecular formula is C9H19F3N2O2S. The summed E-state index contributed by atoms with van der Waals surface area (Å²) in [4.78, 5) is 0. The summed E-state index contributed by atoms with van der Waals surface area (Å²) in [5.41, 5.74) is 0. The quantitative estimate of drug-likeness (QED) is 0.793. The second-order valence-electron chi connectivity index (χ2n) is 4.29. The summed E-state index contributed by atoms with van der Waals surface area (Å²) < 4.78 is 60.0. The maximum Gasteiger partial charge on any atom is 0.402 e. The summed E-state index contributed by atoms with van der Waals surface area (Å²) in [5, 5.41) is 1.99. The summed E-state index contributed by atoms with van der Waals surface area (Å²) in [6.07, 6.45) is -4.52.